The van der Waals surface area contributed by atoms with Gasteiger partial charge in [-0.3, -0.25) is 4.79 Å². The zero-order chi connectivity index (χ0) is 13.8. The van der Waals surface area contributed by atoms with Gasteiger partial charge in [-0.2, -0.15) is 0 Å². The second-order valence-electron chi connectivity index (χ2n) is 4.81. The Hall–Kier alpha value is -1.33. The van der Waals surface area contributed by atoms with Crippen LogP contribution in [0, 0.1) is 5.82 Å². The smallest absolute Gasteiger partial charge is 0.251 e. The van der Waals surface area contributed by atoms with Crippen LogP contribution in [0.3, 0.4) is 0 Å². The lowest BCUT2D eigenvalue weighted by Gasteiger charge is -2.30. The van der Waals surface area contributed by atoms with Gasteiger partial charge >= 0.3 is 0 Å². The minimum atomic E-state index is -0.466. The highest BCUT2D eigenvalue weighted by Crippen LogP contribution is 2.18. The Morgan fingerprint density at radius 2 is 2.25 bits per heavy atom. The number of methoxy groups -OCH3 is 1. The third-order valence-electron chi connectivity index (χ3n) is 3.49. The molecule has 112 valence electrons. The highest BCUT2D eigenvalue weighted by atomic mass is 35.5. The van der Waals surface area contributed by atoms with E-state index in [-0.39, 0.29) is 36.1 Å². The van der Waals surface area contributed by atoms with Crippen molar-refractivity contribution < 1.29 is 13.9 Å². The summed E-state index contributed by atoms with van der Waals surface area (Å²) in [5.74, 6) is -0.576. The van der Waals surface area contributed by atoms with Crippen molar-refractivity contribution >= 4 is 18.3 Å². The molecule has 2 atom stereocenters. The van der Waals surface area contributed by atoms with E-state index < -0.39 is 5.82 Å². The van der Waals surface area contributed by atoms with Gasteiger partial charge in [0.25, 0.3) is 5.91 Å². The van der Waals surface area contributed by atoms with Crippen LogP contribution in [-0.2, 0) is 0 Å². The Kier molecular flexibility index (Phi) is 6.23. The van der Waals surface area contributed by atoms with Gasteiger partial charge in [0.05, 0.1) is 7.11 Å². The third-order valence-corrected chi connectivity index (χ3v) is 3.49. The molecule has 1 aromatic rings. The van der Waals surface area contributed by atoms with E-state index in [4.69, 9.17) is 4.74 Å². The number of hydrogen-bond acceptors (Lipinski definition) is 3. The number of piperidine rings is 1. The van der Waals surface area contributed by atoms with Crippen molar-refractivity contribution in [3.63, 3.8) is 0 Å². The molecule has 1 amide bonds. The molecule has 2 rings (SSSR count). The van der Waals surface area contributed by atoms with Crippen molar-refractivity contribution in [2.45, 2.75) is 31.8 Å². The minimum absolute atomic E-state index is 0. The van der Waals surface area contributed by atoms with Crippen LogP contribution in [0.1, 0.15) is 30.1 Å². The lowest BCUT2D eigenvalue weighted by atomic mass is 9.99. The molecule has 0 radical (unpaired) electrons. The Bertz CT molecular complexity index is 470. The number of hydrogen-bond donors (Lipinski definition) is 2. The second-order valence-corrected chi connectivity index (χ2v) is 4.81. The first kappa shape index (κ1) is 16.7. The molecule has 4 nitrogen and oxygen atoms in total. The van der Waals surface area contributed by atoms with E-state index in [2.05, 4.69) is 17.6 Å². The van der Waals surface area contributed by atoms with E-state index in [1.54, 1.807) is 0 Å². The summed E-state index contributed by atoms with van der Waals surface area (Å²) < 4.78 is 18.2. The van der Waals surface area contributed by atoms with Crippen molar-refractivity contribution in [1.82, 2.24) is 10.6 Å². The van der Waals surface area contributed by atoms with Crippen LogP contribution in [0.5, 0.6) is 5.75 Å². The fourth-order valence-corrected chi connectivity index (χ4v) is 2.29. The summed E-state index contributed by atoms with van der Waals surface area (Å²) in [5.41, 5.74) is 0.413. The van der Waals surface area contributed by atoms with Crippen molar-refractivity contribution in [2.75, 3.05) is 13.7 Å². The summed E-state index contributed by atoms with van der Waals surface area (Å²) in [6, 6.07) is 4.49. The quantitative estimate of drug-likeness (QED) is 0.899. The van der Waals surface area contributed by atoms with Gasteiger partial charge in [-0.15, -0.1) is 12.4 Å². The van der Waals surface area contributed by atoms with Gasteiger partial charge in [-0.05, 0) is 44.5 Å². The molecule has 1 heterocycles. The van der Waals surface area contributed by atoms with E-state index in [1.165, 1.54) is 25.3 Å². The average molecular weight is 303 g/mol. The van der Waals surface area contributed by atoms with E-state index in [0.29, 0.717) is 5.56 Å². The maximum absolute atomic E-state index is 13.3. The van der Waals surface area contributed by atoms with Crippen LogP contribution < -0.4 is 15.4 Å². The largest absolute Gasteiger partial charge is 0.494 e. The molecule has 0 saturated carbocycles. The number of amides is 1. The molecule has 0 aliphatic carbocycles. The van der Waals surface area contributed by atoms with Crippen LogP contribution in [0.25, 0.3) is 0 Å². The SMILES string of the molecule is COc1cc(C(=O)NC2CCCNC2C)ccc1F.Cl. The molecule has 1 aromatic carbocycles. The fraction of sp³-hybridized carbons (Fsp3) is 0.500. The van der Waals surface area contributed by atoms with Gasteiger partial charge in [0.15, 0.2) is 11.6 Å². The topological polar surface area (TPSA) is 50.4 Å². The summed E-state index contributed by atoms with van der Waals surface area (Å²) in [6.45, 7) is 3.03. The summed E-state index contributed by atoms with van der Waals surface area (Å²) in [5, 5.41) is 6.30. The number of nitrogens with one attached hydrogen (secondary N) is 2. The molecular formula is C14H20ClFN2O2. The van der Waals surface area contributed by atoms with Gasteiger partial charge in [0.2, 0.25) is 0 Å². The van der Waals surface area contributed by atoms with Crippen LogP contribution in [0.15, 0.2) is 18.2 Å². The van der Waals surface area contributed by atoms with Crippen LogP contribution in [-0.4, -0.2) is 31.6 Å². The summed E-state index contributed by atoms with van der Waals surface area (Å²) in [6.07, 6.45) is 2.00. The molecule has 1 aliphatic rings. The molecule has 2 N–H and O–H groups in total. The predicted octanol–water partition coefficient (Wildman–Crippen LogP) is 2.13. The van der Waals surface area contributed by atoms with Gasteiger partial charge in [0, 0.05) is 17.6 Å². The standard InChI is InChI=1S/C14H19FN2O2.ClH/c1-9-12(4-3-7-16-9)17-14(18)10-5-6-11(15)13(8-10)19-2;/h5-6,8-9,12,16H,3-4,7H2,1-2H3,(H,17,18);1H. The van der Waals surface area contributed by atoms with Crippen LogP contribution in [0.2, 0.25) is 0 Å². The molecule has 2 unspecified atom stereocenters. The molecule has 20 heavy (non-hydrogen) atoms. The molecule has 1 saturated heterocycles. The zero-order valence-electron chi connectivity index (χ0n) is 11.6. The highest BCUT2D eigenvalue weighted by Gasteiger charge is 2.23. The number of ether oxygens (including phenoxy) is 1. The molecule has 6 heteroatoms. The maximum Gasteiger partial charge on any atom is 0.251 e. The highest BCUT2D eigenvalue weighted by molar-refractivity contribution is 5.94. The number of rotatable bonds is 3. The number of carbonyl (C=O) groups excluding carboxylic acids is 1. The van der Waals surface area contributed by atoms with Gasteiger partial charge in [-0.1, -0.05) is 0 Å². The van der Waals surface area contributed by atoms with Crippen molar-refractivity contribution in [3.05, 3.63) is 29.6 Å². The van der Waals surface area contributed by atoms with E-state index >= 15 is 0 Å². The lowest BCUT2D eigenvalue weighted by molar-refractivity contribution is 0.0919. The molecule has 1 aliphatic heterocycles. The Balaban J connectivity index is 0.00000200. The minimum Gasteiger partial charge on any atom is -0.494 e. The molecular weight excluding hydrogens is 283 g/mol. The normalized spacial score (nSPS) is 21.8. The molecule has 1 fully saturated rings. The first-order chi connectivity index (χ1) is 9.11. The Morgan fingerprint density at radius 1 is 1.50 bits per heavy atom. The van der Waals surface area contributed by atoms with Gasteiger partial charge < -0.3 is 15.4 Å². The van der Waals surface area contributed by atoms with E-state index in [0.717, 1.165) is 19.4 Å². The molecule has 0 aromatic heterocycles. The van der Waals surface area contributed by atoms with Crippen LogP contribution in [0.4, 0.5) is 4.39 Å². The van der Waals surface area contributed by atoms with Crippen molar-refractivity contribution in [3.8, 4) is 5.75 Å². The lowest BCUT2D eigenvalue weighted by Crippen LogP contribution is -2.51. The monoisotopic (exact) mass is 302 g/mol. The average Bonchev–Trinajstić information content (AvgIpc) is 2.42. The van der Waals surface area contributed by atoms with Crippen molar-refractivity contribution in [2.24, 2.45) is 0 Å². The Morgan fingerprint density at radius 3 is 2.90 bits per heavy atom. The van der Waals surface area contributed by atoms with E-state index in [9.17, 15) is 9.18 Å². The Labute approximate surface area is 124 Å². The number of halogens is 2. The summed E-state index contributed by atoms with van der Waals surface area (Å²) in [7, 11) is 1.38. The molecule has 0 spiro atoms. The van der Waals surface area contributed by atoms with Crippen molar-refractivity contribution in [1.29, 1.82) is 0 Å². The predicted molar refractivity (Wildman–Crippen MR) is 78.2 cm³/mol. The number of benzene rings is 1. The van der Waals surface area contributed by atoms with Gasteiger partial charge in [-0.25, -0.2) is 4.39 Å². The maximum atomic E-state index is 13.3. The van der Waals surface area contributed by atoms with E-state index in [1.807, 2.05) is 0 Å². The third kappa shape index (κ3) is 3.84. The fourth-order valence-electron chi connectivity index (χ4n) is 2.29. The van der Waals surface area contributed by atoms with Crippen LogP contribution >= 0.6 is 12.4 Å². The summed E-state index contributed by atoms with van der Waals surface area (Å²) in [4.78, 5) is 12.1. The first-order valence-electron chi connectivity index (χ1n) is 6.49. The first-order valence-corrected chi connectivity index (χ1v) is 6.49. The van der Waals surface area contributed by atoms with Gasteiger partial charge in [0.1, 0.15) is 0 Å². The summed E-state index contributed by atoms with van der Waals surface area (Å²) >= 11 is 0. The molecule has 0 bridgehead atoms. The number of carbonyl (C=O) groups is 1. The second kappa shape index (κ2) is 7.45. The zero-order valence-corrected chi connectivity index (χ0v) is 12.4.